The number of carbonyl (C=O) groups excluding carboxylic acids is 1. The number of nitrogens with zero attached hydrogens (tertiary/aromatic N) is 1. The molecule has 0 spiro atoms. The molecule has 0 radical (unpaired) electrons. The van der Waals surface area contributed by atoms with Crippen LogP contribution < -0.4 is 4.74 Å². The van der Waals surface area contributed by atoms with Crippen LogP contribution in [0.4, 0.5) is 8.78 Å². The first-order valence-electron chi connectivity index (χ1n) is 7.29. The quantitative estimate of drug-likeness (QED) is 0.573. The van der Waals surface area contributed by atoms with Crippen LogP contribution >= 0.6 is 15.9 Å². The maximum atomic E-state index is 14.4. The number of aromatic nitrogens is 1. The summed E-state index contributed by atoms with van der Waals surface area (Å²) >= 11 is 3.18. The normalized spacial score (nSPS) is 10.6. The SMILES string of the molecule is COc1ccc(C(=O)c2ccc(-c3ccc(Br)cc3F)cc2F)cn1. The van der Waals surface area contributed by atoms with Crippen LogP contribution in [0.2, 0.25) is 0 Å². The van der Waals surface area contributed by atoms with Crippen LogP contribution in [0, 0.1) is 11.6 Å². The van der Waals surface area contributed by atoms with Gasteiger partial charge in [-0.3, -0.25) is 4.79 Å². The van der Waals surface area contributed by atoms with Gasteiger partial charge in [-0.05, 0) is 35.9 Å². The van der Waals surface area contributed by atoms with Crippen molar-refractivity contribution in [1.29, 1.82) is 0 Å². The smallest absolute Gasteiger partial charge is 0.212 e. The zero-order chi connectivity index (χ0) is 18.0. The third-order valence-electron chi connectivity index (χ3n) is 3.66. The lowest BCUT2D eigenvalue weighted by molar-refractivity contribution is 0.103. The van der Waals surface area contributed by atoms with Crippen molar-refractivity contribution >= 4 is 21.7 Å². The summed E-state index contributed by atoms with van der Waals surface area (Å²) in [5, 5.41) is 0. The fraction of sp³-hybridized carbons (Fsp3) is 0.0526. The minimum atomic E-state index is -0.722. The molecule has 0 saturated heterocycles. The number of hydrogen-bond donors (Lipinski definition) is 0. The van der Waals surface area contributed by atoms with Crippen molar-refractivity contribution in [3.8, 4) is 17.0 Å². The summed E-state index contributed by atoms with van der Waals surface area (Å²) in [5.41, 5.74) is 0.745. The van der Waals surface area contributed by atoms with Crippen molar-refractivity contribution in [2.45, 2.75) is 0 Å². The van der Waals surface area contributed by atoms with Gasteiger partial charge in [0, 0.05) is 27.9 Å². The molecule has 0 fully saturated rings. The Morgan fingerprint density at radius 2 is 1.84 bits per heavy atom. The van der Waals surface area contributed by atoms with E-state index in [-0.39, 0.29) is 16.7 Å². The highest BCUT2D eigenvalue weighted by molar-refractivity contribution is 9.10. The number of rotatable bonds is 4. The third kappa shape index (κ3) is 3.58. The number of halogens is 3. The Morgan fingerprint density at radius 1 is 1.04 bits per heavy atom. The Labute approximate surface area is 151 Å². The van der Waals surface area contributed by atoms with Gasteiger partial charge in [0.05, 0.1) is 12.7 Å². The molecule has 3 aromatic rings. The molecule has 0 amide bonds. The monoisotopic (exact) mass is 403 g/mol. The summed E-state index contributed by atoms with van der Waals surface area (Å²) in [4.78, 5) is 16.4. The van der Waals surface area contributed by atoms with E-state index in [0.29, 0.717) is 15.9 Å². The van der Waals surface area contributed by atoms with Crippen LogP contribution in [0.5, 0.6) is 5.88 Å². The topological polar surface area (TPSA) is 39.2 Å². The first kappa shape index (κ1) is 17.2. The van der Waals surface area contributed by atoms with Crippen molar-refractivity contribution in [3.63, 3.8) is 0 Å². The van der Waals surface area contributed by atoms with E-state index in [0.717, 1.165) is 6.07 Å². The number of carbonyl (C=O) groups is 1. The molecule has 3 nitrogen and oxygen atoms in total. The molecule has 25 heavy (non-hydrogen) atoms. The second-order valence-electron chi connectivity index (χ2n) is 5.24. The van der Waals surface area contributed by atoms with Crippen molar-refractivity contribution in [3.05, 3.63) is 82.0 Å². The molecule has 0 aliphatic carbocycles. The minimum Gasteiger partial charge on any atom is -0.481 e. The van der Waals surface area contributed by atoms with E-state index >= 15 is 0 Å². The lowest BCUT2D eigenvalue weighted by atomic mass is 9.99. The highest BCUT2D eigenvalue weighted by atomic mass is 79.9. The van der Waals surface area contributed by atoms with E-state index in [1.54, 1.807) is 12.1 Å². The Morgan fingerprint density at radius 3 is 2.44 bits per heavy atom. The van der Waals surface area contributed by atoms with Gasteiger partial charge in [0.25, 0.3) is 0 Å². The Kier molecular flexibility index (Phi) is 4.90. The first-order chi connectivity index (χ1) is 12.0. The second kappa shape index (κ2) is 7.11. The highest BCUT2D eigenvalue weighted by Gasteiger charge is 2.16. The lowest BCUT2D eigenvalue weighted by Gasteiger charge is -2.08. The van der Waals surface area contributed by atoms with Crippen LogP contribution in [0.15, 0.2) is 59.2 Å². The average molecular weight is 404 g/mol. The summed E-state index contributed by atoms with van der Waals surface area (Å²) in [6.45, 7) is 0. The fourth-order valence-electron chi connectivity index (χ4n) is 2.38. The number of ether oxygens (including phenoxy) is 1. The van der Waals surface area contributed by atoms with E-state index in [2.05, 4.69) is 20.9 Å². The summed E-state index contributed by atoms with van der Waals surface area (Å²) < 4.78 is 34.0. The number of hydrogen-bond acceptors (Lipinski definition) is 3. The lowest BCUT2D eigenvalue weighted by Crippen LogP contribution is -2.05. The molecular formula is C19H12BrF2NO2. The van der Waals surface area contributed by atoms with Crippen molar-refractivity contribution in [2.24, 2.45) is 0 Å². The minimum absolute atomic E-state index is 0.103. The van der Waals surface area contributed by atoms with E-state index in [1.165, 1.54) is 43.6 Å². The largest absolute Gasteiger partial charge is 0.481 e. The Hall–Kier alpha value is -2.60. The molecule has 0 aliphatic heterocycles. The van der Waals surface area contributed by atoms with Gasteiger partial charge >= 0.3 is 0 Å². The van der Waals surface area contributed by atoms with Gasteiger partial charge in [0.15, 0.2) is 5.78 Å². The summed E-state index contributed by atoms with van der Waals surface area (Å²) in [5.74, 6) is -1.35. The highest BCUT2D eigenvalue weighted by Crippen LogP contribution is 2.27. The zero-order valence-corrected chi connectivity index (χ0v) is 14.7. The molecular weight excluding hydrogens is 392 g/mol. The summed E-state index contributed by atoms with van der Waals surface area (Å²) in [6, 6.07) is 11.6. The van der Waals surface area contributed by atoms with Gasteiger partial charge in [0.1, 0.15) is 11.6 Å². The molecule has 2 aromatic carbocycles. The third-order valence-corrected chi connectivity index (χ3v) is 4.16. The van der Waals surface area contributed by atoms with E-state index in [9.17, 15) is 13.6 Å². The molecule has 6 heteroatoms. The van der Waals surface area contributed by atoms with Crippen LogP contribution in [0.3, 0.4) is 0 Å². The molecule has 0 unspecified atom stereocenters. The van der Waals surface area contributed by atoms with Crippen LogP contribution in [-0.2, 0) is 0 Å². The van der Waals surface area contributed by atoms with E-state index in [4.69, 9.17) is 4.74 Å². The maximum Gasteiger partial charge on any atom is 0.212 e. The van der Waals surface area contributed by atoms with Gasteiger partial charge in [-0.2, -0.15) is 0 Å². The second-order valence-corrected chi connectivity index (χ2v) is 6.15. The summed E-state index contributed by atoms with van der Waals surface area (Å²) in [7, 11) is 1.46. The van der Waals surface area contributed by atoms with Crippen molar-refractivity contribution in [1.82, 2.24) is 4.98 Å². The molecule has 0 N–H and O–H groups in total. The molecule has 1 aromatic heterocycles. The Balaban J connectivity index is 1.94. The molecule has 3 rings (SSSR count). The zero-order valence-electron chi connectivity index (χ0n) is 13.1. The van der Waals surface area contributed by atoms with Gasteiger partial charge in [0.2, 0.25) is 5.88 Å². The molecule has 0 saturated carbocycles. The first-order valence-corrected chi connectivity index (χ1v) is 8.08. The maximum absolute atomic E-state index is 14.4. The van der Waals surface area contributed by atoms with Gasteiger partial charge in [-0.25, -0.2) is 13.8 Å². The fourth-order valence-corrected chi connectivity index (χ4v) is 2.71. The number of methoxy groups -OCH3 is 1. The number of benzene rings is 2. The van der Waals surface area contributed by atoms with E-state index in [1.807, 2.05) is 0 Å². The van der Waals surface area contributed by atoms with E-state index < -0.39 is 17.4 Å². The van der Waals surface area contributed by atoms with Gasteiger partial charge < -0.3 is 4.74 Å². The predicted octanol–water partition coefficient (Wildman–Crippen LogP) is 5.03. The number of pyridine rings is 1. The molecule has 126 valence electrons. The van der Waals surface area contributed by atoms with Crippen LogP contribution in [-0.4, -0.2) is 17.9 Å². The molecule has 0 aliphatic rings. The molecule has 0 bridgehead atoms. The molecule has 0 atom stereocenters. The van der Waals surface area contributed by atoms with Crippen molar-refractivity contribution in [2.75, 3.05) is 7.11 Å². The molecule has 1 heterocycles. The van der Waals surface area contributed by atoms with Crippen molar-refractivity contribution < 1.29 is 18.3 Å². The van der Waals surface area contributed by atoms with Crippen LogP contribution in [0.1, 0.15) is 15.9 Å². The van der Waals surface area contributed by atoms with Crippen LogP contribution in [0.25, 0.3) is 11.1 Å². The van der Waals surface area contributed by atoms with Gasteiger partial charge in [-0.15, -0.1) is 0 Å². The van der Waals surface area contributed by atoms with Gasteiger partial charge in [-0.1, -0.05) is 28.1 Å². The Bertz CT molecular complexity index is 943. The predicted molar refractivity (Wildman–Crippen MR) is 93.7 cm³/mol. The summed E-state index contributed by atoms with van der Waals surface area (Å²) in [6.07, 6.45) is 1.32. The number of ketones is 1. The standard InChI is InChI=1S/C19H12BrF2NO2/c1-25-18-7-3-12(10-23-18)19(24)15-5-2-11(8-16(15)21)14-6-4-13(20)9-17(14)22/h2-10H,1H3. The average Bonchev–Trinajstić information content (AvgIpc) is 2.61.